The number of unbranched alkanes of at least 4 members (excludes halogenated alkanes) is 13. The van der Waals surface area contributed by atoms with Crippen molar-refractivity contribution >= 4 is 8.58 Å². The molecule has 0 nitrogen and oxygen atoms in total. The molecule has 0 aromatic carbocycles. The average molecular weight is 272 g/mol. The Morgan fingerprint density at radius 1 is 0.500 bits per heavy atom. The molecular weight excluding hydrogens is 235 g/mol. The highest BCUT2D eigenvalue weighted by Gasteiger charge is 1.93. The molecule has 18 heavy (non-hydrogen) atoms. The Kier molecular flexibility index (Phi) is 17.8. The minimum atomic E-state index is 1.17. The van der Waals surface area contributed by atoms with Gasteiger partial charge in [-0.05, 0) is 19.2 Å². The highest BCUT2D eigenvalue weighted by molar-refractivity contribution is 7.36. The Labute approximate surface area is 118 Å². The van der Waals surface area contributed by atoms with E-state index in [2.05, 4.69) is 13.6 Å². The van der Waals surface area contributed by atoms with Crippen LogP contribution in [0.5, 0.6) is 0 Å². The van der Waals surface area contributed by atoms with Crippen LogP contribution in [0.25, 0.3) is 0 Å². The quantitative estimate of drug-likeness (QED) is 0.228. The van der Waals surface area contributed by atoms with Crippen LogP contribution in [-0.2, 0) is 0 Å². The minimum Gasteiger partial charge on any atom is -0.125 e. The van der Waals surface area contributed by atoms with E-state index < -0.39 is 0 Å². The van der Waals surface area contributed by atoms with Gasteiger partial charge < -0.3 is 0 Å². The molecule has 1 atom stereocenters. The van der Waals surface area contributed by atoms with Crippen LogP contribution in [-0.4, -0.2) is 12.8 Å². The Bertz CT molecular complexity index is 118. The lowest BCUT2D eigenvalue weighted by Crippen LogP contribution is -1.83. The van der Waals surface area contributed by atoms with E-state index in [1.165, 1.54) is 105 Å². The molecular formula is C17H37P. The van der Waals surface area contributed by atoms with Gasteiger partial charge in [-0.3, -0.25) is 0 Å². The number of hydrogen-bond donors (Lipinski definition) is 0. The van der Waals surface area contributed by atoms with E-state index in [4.69, 9.17) is 0 Å². The predicted octanol–water partition coefficient (Wildman–Crippen LogP) is 6.78. The molecule has 0 N–H and O–H groups in total. The number of rotatable bonds is 15. The molecule has 0 amide bonds. The smallest absolute Gasteiger partial charge is 0.0356 e. The topological polar surface area (TPSA) is 0 Å². The van der Waals surface area contributed by atoms with Crippen LogP contribution >= 0.6 is 8.58 Å². The summed E-state index contributed by atoms with van der Waals surface area (Å²) in [6.45, 7) is 4.62. The largest absolute Gasteiger partial charge is 0.125 e. The summed E-state index contributed by atoms with van der Waals surface area (Å²) < 4.78 is 0. The fourth-order valence-corrected chi connectivity index (χ4v) is 3.10. The van der Waals surface area contributed by atoms with Gasteiger partial charge in [-0.1, -0.05) is 90.4 Å². The predicted molar refractivity (Wildman–Crippen MR) is 89.4 cm³/mol. The summed E-state index contributed by atoms with van der Waals surface area (Å²) in [5, 5.41) is 0. The van der Waals surface area contributed by atoms with Gasteiger partial charge in [-0.15, -0.1) is 8.58 Å². The van der Waals surface area contributed by atoms with Gasteiger partial charge in [-0.2, -0.15) is 0 Å². The fraction of sp³-hybridized carbons (Fsp3) is 1.00. The Hall–Kier alpha value is 0.430. The molecule has 0 aliphatic heterocycles. The average Bonchev–Trinajstić information content (AvgIpc) is 2.39. The first kappa shape index (κ1) is 18.4. The van der Waals surface area contributed by atoms with Crippen molar-refractivity contribution in [1.29, 1.82) is 0 Å². The molecule has 0 rings (SSSR count). The summed E-state index contributed by atoms with van der Waals surface area (Å²) >= 11 is 0. The van der Waals surface area contributed by atoms with Crippen molar-refractivity contribution in [1.82, 2.24) is 0 Å². The van der Waals surface area contributed by atoms with Crippen LogP contribution < -0.4 is 0 Å². The molecule has 0 saturated heterocycles. The SMILES string of the molecule is CCCCCCCCCCCCCCCCPC. The minimum absolute atomic E-state index is 1.17. The summed E-state index contributed by atoms with van der Waals surface area (Å²) in [6.07, 6.45) is 22.1. The van der Waals surface area contributed by atoms with Crippen molar-refractivity contribution in [3.63, 3.8) is 0 Å². The van der Waals surface area contributed by atoms with Crippen LogP contribution in [0.3, 0.4) is 0 Å². The van der Waals surface area contributed by atoms with Crippen molar-refractivity contribution in [2.75, 3.05) is 12.8 Å². The lowest BCUT2D eigenvalue weighted by atomic mass is 10.0. The summed E-state index contributed by atoms with van der Waals surface area (Å²) in [6, 6.07) is 0. The molecule has 0 aromatic rings. The van der Waals surface area contributed by atoms with Crippen LogP contribution in [0, 0.1) is 0 Å². The van der Waals surface area contributed by atoms with Gasteiger partial charge in [0.05, 0.1) is 0 Å². The molecule has 0 saturated carbocycles. The summed E-state index contributed by atoms with van der Waals surface area (Å²) in [4.78, 5) is 0. The van der Waals surface area contributed by atoms with E-state index >= 15 is 0 Å². The van der Waals surface area contributed by atoms with Crippen molar-refractivity contribution in [2.24, 2.45) is 0 Å². The van der Waals surface area contributed by atoms with Crippen molar-refractivity contribution in [2.45, 2.75) is 96.8 Å². The summed E-state index contributed by atoms with van der Waals surface area (Å²) in [5.41, 5.74) is 0. The standard InChI is InChI=1S/C17H37P/c1-3-4-5-6-7-8-9-10-11-12-13-14-15-16-17-18-2/h18H,3-17H2,1-2H3. The molecule has 0 fully saturated rings. The van der Waals surface area contributed by atoms with Gasteiger partial charge in [0.15, 0.2) is 0 Å². The lowest BCUT2D eigenvalue weighted by Gasteiger charge is -2.03. The molecule has 1 unspecified atom stereocenters. The highest BCUT2D eigenvalue weighted by atomic mass is 31.1. The second kappa shape index (κ2) is 17.4. The molecule has 1 heteroatoms. The Morgan fingerprint density at radius 2 is 0.833 bits per heavy atom. The first-order valence-corrected chi connectivity index (χ1v) is 10.3. The summed E-state index contributed by atoms with van der Waals surface area (Å²) in [5.74, 6) is 0. The zero-order valence-electron chi connectivity index (χ0n) is 13.1. The van der Waals surface area contributed by atoms with E-state index in [1.54, 1.807) is 0 Å². The van der Waals surface area contributed by atoms with Crippen molar-refractivity contribution in [3.05, 3.63) is 0 Å². The van der Waals surface area contributed by atoms with E-state index in [0.29, 0.717) is 0 Å². The van der Waals surface area contributed by atoms with Crippen LogP contribution in [0.1, 0.15) is 96.8 Å². The zero-order valence-corrected chi connectivity index (χ0v) is 14.1. The number of hydrogen-bond acceptors (Lipinski definition) is 0. The van der Waals surface area contributed by atoms with Gasteiger partial charge in [0, 0.05) is 0 Å². The van der Waals surface area contributed by atoms with Gasteiger partial charge in [0.1, 0.15) is 0 Å². The molecule has 0 heterocycles. The van der Waals surface area contributed by atoms with Gasteiger partial charge in [-0.25, -0.2) is 0 Å². The van der Waals surface area contributed by atoms with Crippen molar-refractivity contribution in [3.8, 4) is 0 Å². The molecule has 110 valence electrons. The highest BCUT2D eigenvalue weighted by Crippen LogP contribution is 2.14. The maximum absolute atomic E-state index is 2.32. The second-order valence-corrected chi connectivity index (χ2v) is 6.91. The first-order chi connectivity index (χ1) is 8.91. The molecule has 0 radical (unpaired) electrons. The third-order valence-corrected chi connectivity index (χ3v) is 4.63. The van der Waals surface area contributed by atoms with Crippen LogP contribution in [0.4, 0.5) is 0 Å². The Morgan fingerprint density at radius 3 is 1.17 bits per heavy atom. The maximum Gasteiger partial charge on any atom is -0.0356 e. The fourth-order valence-electron chi connectivity index (χ4n) is 2.50. The van der Waals surface area contributed by atoms with E-state index in [9.17, 15) is 0 Å². The third kappa shape index (κ3) is 16.4. The van der Waals surface area contributed by atoms with Gasteiger partial charge in [0.2, 0.25) is 0 Å². The second-order valence-electron chi connectivity index (χ2n) is 5.70. The zero-order chi connectivity index (χ0) is 13.3. The molecule has 0 aliphatic carbocycles. The molecule has 0 aromatic heterocycles. The summed E-state index contributed by atoms with van der Waals surface area (Å²) in [7, 11) is 1.17. The van der Waals surface area contributed by atoms with Crippen LogP contribution in [0.2, 0.25) is 0 Å². The van der Waals surface area contributed by atoms with Crippen molar-refractivity contribution < 1.29 is 0 Å². The van der Waals surface area contributed by atoms with Gasteiger partial charge in [0.25, 0.3) is 0 Å². The van der Waals surface area contributed by atoms with E-state index in [1.807, 2.05) is 0 Å². The monoisotopic (exact) mass is 272 g/mol. The van der Waals surface area contributed by atoms with Crippen LogP contribution in [0.15, 0.2) is 0 Å². The van der Waals surface area contributed by atoms with E-state index in [-0.39, 0.29) is 0 Å². The normalized spacial score (nSPS) is 11.7. The third-order valence-electron chi connectivity index (χ3n) is 3.78. The lowest BCUT2D eigenvalue weighted by molar-refractivity contribution is 0.538. The molecule has 0 aliphatic rings. The van der Waals surface area contributed by atoms with Gasteiger partial charge >= 0.3 is 0 Å². The molecule has 0 bridgehead atoms. The van der Waals surface area contributed by atoms with E-state index in [0.717, 1.165) is 0 Å². The first-order valence-electron chi connectivity index (χ1n) is 8.56. The Balaban J connectivity index is 2.86. The maximum atomic E-state index is 2.32. The molecule has 0 spiro atoms.